The molecule has 0 bridgehead atoms. The van der Waals surface area contributed by atoms with Crippen LogP contribution < -0.4 is 10.6 Å². The maximum Gasteiger partial charge on any atom is 0.00772 e. The van der Waals surface area contributed by atoms with Crippen molar-refractivity contribution in [3.63, 3.8) is 0 Å². The zero-order valence-electron chi connectivity index (χ0n) is 8.66. The van der Waals surface area contributed by atoms with Crippen molar-refractivity contribution in [1.82, 2.24) is 10.6 Å². The fourth-order valence-corrected chi connectivity index (χ4v) is 0.604. The van der Waals surface area contributed by atoms with Gasteiger partial charge in [0.05, 0.1) is 0 Å². The number of hydrogen-bond donors (Lipinski definition) is 6. The van der Waals surface area contributed by atoms with Gasteiger partial charge in [-0.15, -0.1) is 0 Å². The topological polar surface area (TPSA) is 119 Å². The average Bonchev–Trinajstić information content (AvgIpc) is 2.41. The molecule has 1 aliphatic heterocycles. The summed E-state index contributed by atoms with van der Waals surface area (Å²) in [5.41, 5.74) is 0. The molecule has 84 valence electrons. The number of hydrogen-bond acceptors (Lipinski definition) is 6. The fourth-order valence-electron chi connectivity index (χ4n) is 0.604. The summed E-state index contributed by atoms with van der Waals surface area (Å²) in [5.74, 6) is 0. The molecule has 1 saturated heterocycles. The lowest BCUT2D eigenvalue weighted by Gasteiger charge is -2.11. The molecular formula is C8H22N6. The third kappa shape index (κ3) is 46.2. The minimum Gasteiger partial charge on any atom is -0.317 e. The monoisotopic (exact) mass is 202 g/mol. The molecule has 0 aliphatic carbocycles. The van der Waals surface area contributed by atoms with Gasteiger partial charge in [0.1, 0.15) is 0 Å². The zero-order valence-corrected chi connectivity index (χ0v) is 8.66. The van der Waals surface area contributed by atoms with Gasteiger partial charge in [0.2, 0.25) is 0 Å². The predicted octanol–water partition coefficient (Wildman–Crippen LogP) is 0.242. The largest absolute Gasteiger partial charge is 0.317 e. The minimum absolute atomic E-state index is 1.14. The second-order valence-corrected chi connectivity index (χ2v) is 1.50. The van der Waals surface area contributed by atoms with Crippen molar-refractivity contribution < 1.29 is 0 Å². The van der Waals surface area contributed by atoms with E-state index in [1.807, 2.05) is 0 Å². The molecule has 0 radical (unpaired) electrons. The lowest BCUT2D eigenvalue weighted by molar-refractivity contribution is 0.534. The highest BCUT2D eigenvalue weighted by Gasteiger charge is 1.91. The van der Waals surface area contributed by atoms with Crippen LogP contribution in [0.4, 0.5) is 0 Å². The van der Waals surface area contributed by atoms with Crippen molar-refractivity contribution in [1.29, 1.82) is 21.6 Å². The molecule has 0 saturated carbocycles. The third-order valence-electron chi connectivity index (χ3n) is 0.957. The summed E-state index contributed by atoms with van der Waals surface area (Å²) in [6.45, 7) is 14.6. The van der Waals surface area contributed by atoms with Crippen LogP contribution in [-0.2, 0) is 0 Å². The first-order chi connectivity index (χ1) is 7.00. The Balaban J connectivity index is -0.0000000542. The Labute approximate surface area is 86.2 Å². The highest BCUT2D eigenvalue weighted by molar-refractivity contribution is 5.16. The molecule has 1 rings (SSSR count). The second-order valence-electron chi connectivity index (χ2n) is 1.50. The quantitative estimate of drug-likeness (QED) is 0.315. The Kier molecular flexibility index (Phi) is 101. The maximum atomic E-state index is 5.50. The van der Waals surface area contributed by atoms with Crippen molar-refractivity contribution in [3.05, 3.63) is 0 Å². The molecule has 6 heteroatoms. The van der Waals surface area contributed by atoms with Gasteiger partial charge in [0.25, 0.3) is 0 Å². The molecule has 1 fully saturated rings. The van der Waals surface area contributed by atoms with E-state index in [-0.39, 0.29) is 0 Å². The molecule has 6 nitrogen and oxygen atoms in total. The van der Waals surface area contributed by atoms with E-state index in [2.05, 4.69) is 37.5 Å². The Morgan fingerprint density at radius 3 is 0.714 bits per heavy atom. The van der Waals surface area contributed by atoms with Crippen LogP contribution in [0.5, 0.6) is 0 Å². The van der Waals surface area contributed by atoms with Gasteiger partial charge in [0, 0.05) is 26.2 Å². The van der Waals surface area contributed by atoms with Crippen LogP contribution in [-0.4, -0.2) is 53.0 Å². The van der Waals surface area contributed by atoms with Crippen molar-refractivity contribution in [2.24, 2.45) is 0 Å². The Bertz CT molecular complexity index is 56.7. The normalized spacial score (nSPS) is 11.4. The van der Waals surface area contributed by atoms with Crippen molar-refractivity contribution in [3.8, 4) is 0 Å². The molecule has 1 aliphatic rings. The summed E-state index contributed by atoms with van der Waals surface area (Å²) in [6.07, 6.45) is 0. The summed E-state index contributed by atoms with van der Waals surface area (Å²) in [6, 6.07) is 0. The Hall–Kier alpha value is -1.40. The molecule has 0 aromatic heterocycles. The van der Waals surface area contributed by atoms with Gasteiger partial charge in [0.15, 0.2) is 0 Å². The molecule has 6 N–H and O–H groups in total. The summed E-state index contributed by atoms with van der Waals surface area (Å²) >= 11 is 0. The minimum atomic E-state index is 1.14. The van der Waals surface area contributed by atoms with E-state index in [0.717, 1.165) is 26.2 Å². The molecule has 0 aromatic carbocycles. The van der Waals surface area contributed by atoms with Crippen LogP contribution in [0, 0.1) is 21.6 Å². The molecule has 0 atom stereocenters. The predicted molar refractivity (Wildman–Crippen MR) is 65.1 cm³/mol. The molecule has 1 heterocycles. The van der Waals surface area contributed by atoms with E-state index in [9.17, 15) is 0 Å². The number of piperazine rings is 1. The van der Waals surface area contributed by atoms with Crippen LogP contribution in [0.15, 0.2) is 0 Å². The van der Waals surface area contributed by atoms with Gasteiger partial charge in [-0.25, -0.2) is 0 Å². The third-order valence-corrected chi connectivity index (χ3v) is 0.957. The maximum absolute atomic E-state index is 5.50. The van der Waals surface area contributed by atoms with Gasteiger partial charge in [-0.2, -0.15) is 0 Å². The van der Waals surface area contributed by atoms with Gasteiger partial charge < -0.3 is 32.3 Å². The smallest absolute Gasteiger partial charge is 0.00772 e. The standard InChI is InChI=1S/C4H10N2.4CH3N/c1-2-6-4-3-5-1;4*1-2/h5-6H,1-4H2;4*2H,1H2. The van der Waals surface area contributed by atoms with Gasteiger partial charge >= 0.3 is 0 Å². The highest BCUT2D eigenvalue weighted by Crippen LogP contribution is 1.65. The lowest BCUT2D eigenvalue weighted by atomic mass is 10.4. The number of rotatable bonds is 0. The molecule has 14 heavy (non-hydrogen) atoms. The van der Waals surface area contributed by atoms with Crippen LogP contribution in [0.2, 0.25) is 0 Å². The fraction of sp³-hybridized carbons (Fsp3) is 0.500. The van der Waals surface area contributed by atoms with Crippen molar-refractivity contribution in [2.45, 2.75) is 0 Å². The van der Waals surface area contributed by atoms with Crippen molar-refractivity contribution in [2.75, 3.05) is 26.2 Å². The first kappa shape index (κ1) is 22.9. The number of nitrogens with one attached hydrogen (secondary N) is 6. The summed E-state index contributed by atoms with van der Waals surface area (Å²) in [5, 5.41) is 28.4. The molecule has 0 amide bonds. The first-order valence-electron chi connectivity index (χ1n) is 3.83. The zero-order chi connectivity index (χ0) is 12.2. The van der Waals surface area contributed by atoms with E-state index >= 15 is 0 Å². The van der Waals surface area contributed by atoms with E-state index < -0.39 is 0 Å². The second kappa shape index (κ2) is 61.6. The molecule has 0 unspecified atom stereocenters. The SMILES string of the molecule is C1CNCCN1.C=N.C=N.C=N.C=N. The summed E-state index contributed by atoms with van der Waals surface area (Å²) < 4.78 is 0. The summed E-state index contributed by atoms with van der Waals surface area (Å²) in [4.78, 5) is 0. The Morgan fingerprint density at radius 2 is 0.643 bits per heavy atom. The lowest BCUT2D eigenvalue weighted by Crippen LogP contribution is -2.39. The van der Waals surface area contributed by atoms with Crippen LogP contribution in [0.25, 0.3) is 0 Å². The highest BCUT2D eigenvalue weighted by atomic mass is 15.0. The average molecular weight is 202 g/mol. The van der Waals surface area contributed by atoms with E-state index in [4.69, 9.17) is 21.6 Å². The molecule has 0 spiro atoms. The van der Waals surface area contributed by atoms with Crippen LogP contribution >= 0.6 is 0 Å². The van der Waals surface area contributed by atoms with Gasteiger partial charge in [-0.3, -0.25) is 0 Å². The van der Waals surface area contributed by atoms with Gasteiger partial charge in [-0.1, -0.05) is 0 Å². The van der Waals surface area contributed by atoms with Crippen molar-refractivity contribution >= 4 is 26.9 Å². The summed E-state index contributed by atoms with van der Waals surface area (Å²) in [7, 11) is 0. The molecule has 0 aromatic rings. The van der Waals surface area contributed by atoms with E-state index in [0.29, 0.717) is 0 Å². The van der Waals surface area contributed by atoms with Crippen LogP contribution in [0.3, 0.4) is 0 Å². The van der Waals surface area contributed by atoms with Crippen LogP contribution in [0.1, 0.15) is 0 Å². The first-order valence-corrected chi connectivity index (χ1v) is 3.83. The molecular weight excluding hydrogens is 180 g/mol. The van der Waals surface area contributed by atoms with Gasteiger partial charge in [-0.05, 0) is 26.9 Å². The Morgan fingerprint density at radius 1 is 0.500 bits per heavy atom. The van der Waals surface area contributed by atoms with E-state index in [1.54, 1.807) is 0 Å². The van der Waals surface area contributed by atoms with E-state index in [1.165, 1.54) is 0 Å².